The van der Waals surface area contributed by atoms with Gasteiger partial charge in [-0.25, -0.2) is 13.4 Å². The Morgan fingerprint density at radius 3 is 2.54 bits per heavy atom. The van der Waals surface area contributed by atoms with E-state index in [1.165, 1.54) is 27.8 Å². The van der Waals surface area contributed by atoms with Crippen LogP contribution in [0.25, 0.3) is 10.2 Å². The topological polar surface area (TPSA) is 105 Å². The number of sulfonamides is 1. The molecule has 2 aromatic carbocycles. The van der Waals surface area contributed by atoms with E-state index in [-0.39, 0.29) is 5.69 Å². The summed E-state index contributed by atoms with van der Waals surface area (Å²) in [6, 6.07) is 11.4. The van der Waals surface area contributed by atoms with Gasteiger partial charge in [-0.1, -0.05) is 23.5 Å². The van der Waals surface area contributed by atoms with Gasteiger partial charge in [0.25, 0.3) is 5.69 Å². The molecule has 0 bridgehead atoms. The number of rotatable bonds is 6. The lowest BCUT2D eigenvalue weighted by atomic mass is 10.2. The summed E-state index contributed by atoms with van der Waals surface area (Å²) in [4.78, 5) is 15.2. The van der Waals surface area contributed by atoms with Gasteiger partial charge in [0.2, 0.25) is 10.0 Å². The molecule has 0 aliphatic carbocycles. The molecule has 0 saturated carbocycles. The van der Waals surface area contributed by atoms with Gasteiger partial charge < -0.3 is 5.32 Å². The fraction of sp³-hybridized carbons (Fsp3) is 0.278. The predicted octanol–water partition coefficient (Wildman–Crippen LogP) is 3.60. The van der Waals surface area contributed by atoms with E-state index in [4.69, 9.17) is 0 Å². The number of nitrogens with zero attached hydrogens (tertiary/aromatic N) is 3. The number of nitro groups is 1. The maximum absolute atomic E-state index is 12.6. The van der Waals surface area contributed by atoms with Crippen molar-refractivity contribution < 1.29 is 13.3 Å². The van der Waals surface area contributed by atoms with E-state index >= 15 is 0 Å². The van der Waals surface area contributed by atoms with Crippen molar-refractivity contribution in [2.24, 2.45) is 0 Å². The van der Waals surface area contributed by atoms with Gasteiger partial charge in [-0.05, 0) is 36.6 Å². The number of nitrogens with one attached hydrogen (secondary N) is 1. The van der Waals surface area contributed by atoms with Crippen LogP contribution in [0.5, 0.6) is 0 Å². The largest absolute Gasteiger partial charge is 0.357 e. The third-order valence-corrected chi connectivity index (χ3v) is 7.54. The first-order chi connectivity index (χ1) is 13.4. The molecule has 0 spiro atoms. The number of thiazole rings is 1. The minimum Gasteiger partial charge on any atom is -0.357 e. The lowest BCUT2D eigenvalue weighted by Crippen LogP contribution is -2.27. The van der Waals surface area contributed by atoms with Crippen LogP contribution >= 0.6 is 11.3 Å². The monoisotopic (exact) mass is 418 g/mol. The molecule has 0 atom stereocenters. The smallest absolute Gasteiger partial charge is 0.270 e. The van der Waals surface area contributed by atoms with Crippen LogP contribution in [0.15, 0.2) is 47.4 Å². The maximum atomic E-state index is 12.6. The van der Waals surface area contributed by atoms with E-state index in [2.05, 4.69) is 10.3 Å². The number of anilines is 1. The maximum Gasteiger partial charge on any atom is 0.270 e. The van der Waals surface area contributed by atoms with Gasteiger partial charge in [-0.3, -0.25) is 10.1 Å². The summed E-state index contributed by atoms with van der Waals surface area (Å²) in [5.41, 5.74) is 1.66. The Kier molecular flexibility index (Phi) is 5.00. The molecule has 10 heteroatoms. The van der Waals surface area contributed by atoms with Crippen molar-refractivity contribution in [3.8, 4) is 0 Å². The van der Waals surface area contributed by atoms with E-state index < -0.39 is 14.9 Å². The van der Waals surface area contributed by atoms with E-state index in [1.54, 1.807) is 30.3 Å². The lowest BCUT2D eigenvalue weighted by Gasteiger charge is -2.15. The van der Waals surface area contributed by atoms with Gasteiger partial charge in [0.1, 0.15) is 0 Å². The van der Waals surface area contributed by atoms with Crippen molar-refractivity contribution in [2.45, 2.75) is 24.3 Å². The fourth-order valence-electron chi connectivity index (χ4n) is 3.14. The summed E-state index contributed by atoms with van der Waals surface area (Å²) in [6.45, 7) is 1.65. The highest BCUT2D eigenvalue weighted by molar-refractivity contribution is 7.89. The molecule has 4 rings (SSSR count). The van der Waals surface area contributed by atoms with Crippen LogP contribution < -0.4 is 5.32 Å². The van der Waals surface area contributed by atoms with Gasteiger partial charge in [-0.15, -0.1) is 0 Å². The molecule has 28 heavy (non-hydrogen) atoms. The van der Waals surface area contributed by atoms with Crippen LogP contribution in [0.4, 0.5) is 10.8 Å². The van der Waals surface area contributed by atoms with Crippen LogP contribution in [0, 0.1) is 10.1 Å². The molecule has 1 aliphatic rings. The standard InChI is InChI=1S/C18H18N4O4S2/c23-22(24)14-5-8-16-17(11-14)27-18(20-16)19-12-13-3-6-15(7-4-13)28(25,26)21-9-1-2-10-21/h3-8,11H,1-2,9-10,12H2,(H,19,20). The average Bonchev–Trinajstić information content (AvgIpc) is 3.36. The summed E-state index contributed by atoms with van der Waals surface area (Å²) >= 11 is 1.34. The number of fused-ring (bicyclic) bond motifs is 1. The first-order valence-corrected chi connectivity index (χ1v) is 11.1. The fourth-order valence-corrected chi connectivity index (χ4v) is 5.55. The molecule has 1 N–H and O–H groups in total. The second kappa shape index (κ2) is 7.46. The number of nitro benzene ring substituents is 1. The molecule has 1 aliphatic heterocycles. The lowest BCUT2D eigenvalue weighted by molar-refractivity contribution is -0.384. The first kappa shape index (κ1) is 18.8. The average molecular weight is 419 g/mol. The van der Waals surface area contributed by atoms with Crippen LogP contribution in [0.1, 0.15) is 18.4 Å². The van der Waals surface area contributed by atoms with Gasteiger partial charge in [-0.2, -0.15) is 4.31 Å². The van der Waals surface area contributed by atoms with Gasteiger partial charge >= 0.3 is 0 Å². The molecular formula is C18H18N4O4S2. The summed E-state index contributed by atoms with van der Waals surface area (Å²) in [7, 11) is -3.40. The third-order valence-electron chi connectivity index (χ3n) is 4.65. The molecule has 8 nitrogen and oxygen atoms in total. The number of aromatic nitrogens is 1. The van der Waals surface area contributed by atoms with Crippen molar-refractivity contribution in [1.82, 2.24) is 9.29 Å². The number of benzene rings is 2. The first-order valence-electron chi connectivity index (χ1n) is 8.81. The van der Waals surface area contributed by atoms with E-state index in [9.17, 15) is 18.5 Å². The molecule has 1 saturated heterocycles. The summed E-state index contributed by atoms with van der Waals surface area (Å²) in [6.07, 6.45) is 1.82. The minimum absolute atomic E-state index is 0.0394. The molecule has 3 aromatic rings. The second-order valence-corrected chi connectivity index (χ2v) is 9.51. The molecule has 1 fully saturated rings. The summed E-state index contributed by atoms with van der Waals surface area (Å²) in [5.74, 6) is 0. The molecule has 146 valence electrons. The Morgan fingerprint density at radius 2 is 1.86 bits per heavy atom. The van der Waals surface area contributed by atoms with E-state index in [0.29, 0.717) is 35.2 Å². The highest BCUT2D eigenvalue weighted by atomic mass is 32.2. The second-order valence-electron chi connectivity index (χ2n) is 6.54. The molecule has 0 amide bonds. The minimum atomic E-state index is -3.40. The molecule has 0 unspecified atom stereocenters. The SMILES string of the molecule is O=[N+]([O-])c1ccc2nc(NCc3ccc(S(=O)(=O)N4CCCC4)cc3)sc2c1. The van der Waals surface area contributed by atoms with Crippen molar-refractivity contribution in [1.29, 1.82) is 0 Å². The van der Waals surface area contributed by atoms with Crippen molar-refractivity contribution >= 4 is 42.4 Å². The predicted molar refractivity (Wildman–Crippen MR) is 108 cm³/mol. The molecule has 1 aromatic heterocycles. The molecular weight excluding hydrogens is 400 g/mol. The van der Waals surface area contributed by atoms with Crippen LogP contribution in [-0.4, -0.2) is 35.7 Å². The highest BCUT2D eigenvalue weighted by Gasteiger charge is 2.26. The van der Waals surface area contributed by atoms with Crippen molar-refractivity contribution in [3.63, 3.8) is 0 Å². The van der Waals surface area contributed by atoms with Crippen LogP contribution in [0.3, 0.4) is 0 Å². The number of hydrogen-bond donors (Lipinski definition) is 1. The number of hydrogen-bond acceptors (Lipinski definition) is 7. The van der Waals surface area contributed by atoms with Crippen molar-refractivity contribution in [2.75, 3.05) is 18.4 Å². The Labute approximate surface area is 166 Å². The van der Waals surface area contributed by atoms with E-state index in [1.807, 2.05) is 0 Å². The Morgan fingerprint density at radius 1 is 1.14 bits per heavy atom. The summed E-state index contributed by atoms with van der Waals surface area (Å²) in [5, 5.41) is 14.7. The highest BCUT2D eigenvalue weighted by Crippen LogP contribution is 2.29. The van der Waals surface area contributed by atoms with Gasteiger partial charge in [0, 0.05) is 31.8 Å². The van der Waals surface area contributed by atoms with Gasteiger partial charge in [0.15, 0.2) is 5.13 Å². The zero-order valence-corrected chi connectivity index (χ0v) is 16.5. The van der Waals surface area contributed by atoms with Gasteiger partial charge in [0.05, 0.1) is 20.0 Å². The van der Waals surface area contributed by atoms with Crippen LogP contribution in [-0.2, 0) is 16.6 Å². The summed E-state index contributed by atoms with van der Waals surface area (Å²) < 4.78 is 27.4. The zero-order chi connectivity index (χ0) is 19.7. The van der Waals surface area contributed by atoms with E-state index in [0.717, 1.165) is 23.1 Å². The Balaban J connectivity index is 1.45. The van der Waals surface area contributed by atoms with Crippen LogP contribution in [0.2, 0.25) is 0 Å². The normalized spacial score (nSPS) is 15.1. The molecule has 2 heterocycles. The van der Waals surface area contributed by atoms with Crippen molar-refractivity contribution in [3.05, 3.63) is 58.1 Å². The molecule has 0 radical (unpaired) electrons. The third kappa shape index (κ3) is 3.71. The number of non-ortho nitro benzene ring substituents is 1. The Bertz CT molecular complexity index is 1120. The quantitative estimate of drug-likeness (QED) is 0.484. The zero-order valence-electron chi connectivity index (χ0n) is 14.9. The Hall–Kier alpha value is -2.56.